The number of rotatable bonds is 6. The smallest absolute Gasteiger partial charge is 0.278 e. The third-order valence-corrected chi connectivity index (χ3v) is 6.54. The molecule has 3 rings (SSSR count). The fourth-order valence-corrected chi connectivity index (χ4v) is 5.05. The highest BCUT2D eigenvalue weighted by molar-refractivity contribution is 7.89. The maximum absolute atomic E-state index is 13.1. The van der Waals surface area contributed by atoms with Gasteiger partial charge in [0.25, 0.3) is 11.8 Å². The first-order valence-electron chi connectivity index (χ1n) is 8.44. The van der Waals surface area contributed by atoms with Crippen LogP contribution < -0.4 is 9.47 Å². The van der Waals surface area contributed by atoms with Gasteiger partial charge < -0.3 is 9.47 Å². The van der Waals surface area contributed by atoms with Gasteiger partial charge in [-0.05, 0) is 27.2 Å². The summed E-state index contributed by atoms with van der Waals surface area (Å²) in [5, 5.41) is 4.32. The molecule has 10 heteroatoms. The first kappa shape index (κ1) is 18.6. The Morgan fingerprint density at radius 2 is 1.92 bits per heavy atom. The minimum Gasteiger partial charge on any atom is -0.477 e. The fourth-order valence-electron chi connectivity index (χ4n) is 3.19. The molecule has 0 aromatic carbocycles. The molecular weight excluding hydrogens is 358 g/mol. The van der Waals surface area contributed by atoms with E-state index >= 15 is 0 Å². The fraction of sp³-hybridized carbons (Fsp3) is 0.562. The van der Waals surface area contributed by atoms with Crippen molar-refractivity contribution in [1.29, 1.82) is 0 Å². The van der Waals surface area contributed by atoms with Crippen LogP contribution in [0.5, 0.6) is 11.8 Å². The van der Waals surface area contributed by atoms with Gasteiger partial charge in [0.2, 0.25) is 10.0 Å². The lowest BCUT2D eigenvalue weighted by Crippen LogP contribution is -2.31. The van der Waals surface area contributed by atoms with Crippen molar-refractivity contribution >= 4 is 10.0 Å². The highest BCUT2D eigenvalue weighted by Crippen LogP contribution is 2.29. The van der Waals surface area contributed by atoms with Crippen LogP contribution in [0.4, 0.5) is 0 Å². The van der Waals surface area contributed by atoms with Crippen molar-refractivity contribution in [2.45, 2.75) is 44.7 Å². The summed E-state index contributed by atoms with van der Waals surface area (Å²) in [5.74, 6) is 0.551. The first-order chi connectivity index (χ1) is 12.4. The molecule has 1 unspecified atom stereocenters. The van der Waals surface area contributed by atoms with Crippen LogP contribution in [-0.2, 0) is 16.6 Å². The van der Waals surface area contributed by atoms with Crippen molar-refractivity contribution in [2.24, 2.45) is 0 Å². The predicted octanol–water partition coefficient (Wildman–Crippen LogP) is 1.16. The van der Waals surface area contributed by atoms with E-state index in [2.05, 4.69) is 15.1 Å². The molecule has 2 aromatic heterocycles. The second-order valence-electron chi connectivity index (χ2n) is 6.08. The van der Waals surface area contributed by atoms with Gasteiger partial charge >= 0.3 is 0 Å². The monoisotopic (exact) mass is 381 g/mol. The summed E-state index contributed by atoms with van der Waals surface area (Å²) in [5.41, 5.74) is 1.18. The van der Waals surface area contributed by atoms with Gasteiger partial charge in [-0.15, -0.1) is 0 Å². The highest BCUT2D eigenvalue weighted by atomic mass is 32.2. The van der Waals surface area contributed by atoms with E-state index in [0.717, 1.165) is 0 Å². The Balaban J connectivity index is 1.79. The Morgan fingerprint density at radius 3 is 2.54 bits per heavy atom. The largest absolute Gasteiger partial charge is 0.477 e. The Kier molecular flexibility index (Phi) is 5.15. The summed E-state index contributed by atoms with van der Waals surface area (Å²) in [6.45, 7) is 6.69. The van der Waals surface area contributed by atoms with Gasteiger partial charge in [0.1, 0.15) is 11.0 Å². The molecule has 1 saturated heterocycles. The molecule has 1 atom stereocenters. The Hall–Kier alpha value is -2.20. The zero-order valence-electron chi connectivity index (χ0n) is 15.3. The van der Waals surface area contributed by atoms with Crippen molar-refractivity contribution in [2.75, 3.05) is 20.2 Å². The quantitative estimate of drug-likeness (QED) is 0.740. The summed E-state index contributed by atoms with van der Waals surface area (Å²) in [6, 6.07) is 0. The van der Waals surface area contributed by atoms with Crippen LogP contribution >= 0.6 is 0 Å². The van der Waals surface area contributed by atoms with Crippen molar-refractivity contribution in [3.8, 4) is 11.8 Å². The summed E-state index contributed by atoms with van der Waals surface area (Å²) in [4.78, 5) is 8.44. The van der Waals surface area contributed by atoms with Gasteiger partial charge in [-0.1, -0.05) is 0 Å². The highest BCUT2D eigenvalue weighted by Gasteiger charge is 2.37. The van der Waals surface area contributed by atoms with Crippen LogP contribution in [0.3, 0.4) is 0 Å². The first-order valence-corrected chi connectivity index (χ1v) is 9.88. The molecule has 142 valence electrons. The molecule has 0 amide bonds. The molecule has 3 heterocycles. The summed E-state index contributed by atoms with van der Waals surface area (Å²) in [6.07, 6.45) is 3.28. The number of hydrogen-bond acceptors (Lipinski definition) is 7. The van der Waals surface area contributed by atoms with E-state index in [1.54, 1.807) is 18.5 Å². The number of aromatic nitrogens is 4. The average molecular weight is 381 g/mol. The van der Waals surface area contributed by atoms with Crippen LogP contribution in [0.15, 0.2) is 17.3 Å². The van der Waals surface area contributed by atoms with Gasteiger partial charge in [-0.3, -0.25) is 4.68 Å². The lowest BCUT2D eigenvalue weighted by Gasteiger charge is -2.17. The minimum atomic E-state index is -3.63. The molecule has 1 fully saturated rings. The minimum absolute atomic E-state index is 0.248. The van der Waals surface area contributed by atoms with Gasteiger partial charge in [0.05, 0.1) is 25.0 Å². The molecule has 0 spiro atoms. The lowest BCUT2D eigenvalue weighted by atomic mass is 10.3. The van der Waals surface area contributed by atoms with Crippen molar-refractivity contribution in [1.82, 2.24) is 24.1 Å². The Bertz CT molecular complexity index is 896. The summed E-state index contributed by atoms with van der Waals surface area (Å²) in [7, 11) is -2.14. The van der Waals surface area contributed by atoms with Crippen LogP contribution in [-0.4, -0.2) is 58.8 Å². The second-order valence-corrected chi connectivity index (χ2v) is 7.95. The molecule has 26 heavy (non-hydrogen) atoms. The third kappa shape index (κ3) is 3.26. The summed E-state index contributed by atoms with van der Waals surface area (Å²) < 4.78 is 40.3. The van der Waals surface area contributed by atoms with E-state index < -0.39 is 10.0 Å². The molecule has 1 aliphatic heterocycles. The van der Waals surface area contributed by atoms with Crippen LogP contribution in [0.2, 0.25) is 0 Å². The topological polar surface area (TPSA) is 99.4 Å². The normalized spacial score (nSPS) is 18.2. The van der Waals surface area contributed by atoms with Crippen LogP contribution in [0, 0.1) is 13.8 Å². The molecule has 0 aliphatic carbocycles. The SMILES string of the molecule is CCn1nc(C)c(S(=O)(=O)N2CCC(Oc3nccnc3OC)C2)c1C. The molecule has 0 saturated carbocycles. The van der Waals surface area contributed by atoms with E-state index in [9.17, 15) is 8.42 Å². The maximum atomic E-state index is 13.1. The molecule has 9 nitrogen and oxygen atoms in total. The van der Waals surface area contributed by atoms with E-state index in [-0.39, 0.29) is 29.3 Å². The van der Waals surface area contributed by atoms with Gasteiger partial charge in [0.15, 0.2) is 0 Å². The molecule has 1 aliphatic rings. The van der Waals surface area contributed by atoms with Gasteiger partial charge in [-0.25, -0.2) is 18.4 Å². The number of ether oxygens (including phenoxy) is 2. The average Bonchev–Trinajstić information content (AvgIpc) is 3.20. The zero-order valence-corrected chi connectivity index (χ0v) is 16.2. The molecule has 0 N–H and O–H groups in total. The van der Waals surface area contributed by atoms with E-state index in [1.165, 1.54) is 23.8 Å². The predicted molar refractivity (Wildman–Crippen MR) is 93.8 cm³/mol. The number of methoxy groups -OCH3 is 1. The van der Waals surface area contributed by atoms with E-state index in [4.69, 9.17) is 9.47 Å². The second kappa shape index (κ2) is 7.20. The third-order valence-electron chi connectivity index (χ3n) is 4.43. The van der Waals surface area contributed by atoms with Crippen LogP contribution in [0.1, 0.15) is 24.7 Å². The van der Waals surface area contributed by atoms with Gasteiger partial charge in [0, 0.05) is 25.5 Å². The Morgan fingerprint density at radius 1 is 1.23 bits per heavy atom. The maximum Gasteiger partial charge on any atom is 0.278 e. The van der Waals surface area contributed by atoms with Crippen molar-refractivity contribution in [3.05, 3.63) is 23.8 Å². The van der Waals surface area contributed by atoms with Crippen molar-refractivity contribution in [3.63, 3.8) is 0 Å². The zero-order chi connectivity index (χ0) is 18.9. The number of sulfonamides is 1. The molecule has 2 aromatic rings. The number of hydrogen-bond donors (Lipinski definition) is 0. The van der Waals surface area contributed by atoms with Crippen LogP contribution in [0.25, 0.3) is 0 Å². The van der Waals surface area contributed by atoms with Crippen molar-refractivity contribution < 1.29 is 17.9 Å². The van der Waals surface area contributed by atoms with Gasteiger partial charge in [-0.2, -0.15) is 9.40 Å². The molecular formula is C16H23N5O4S. The number of nitrogens with zero attached hydrogens (tertiary/aromatic N) is 5. The number of aryl methyl sites for hydroxylation is 2. The standard InChI is InChI=1S/C16H23N5O4S/c1-5-21-12(3)14(11(2)19-21)26(22,23)20-9-6-13(10-20)25-16-15(24-4)17-7-8-18-16/h7-8,13H,5-6,9-10H2,1-4H3. The Labute approximate surface area is 153 Å². The molecule has 0 bridgehead atoms. The van der Waals surface area contributed by atoms with E-state index in [1.807, 2.05) is 6.92 Å². The lowest BCUT2D eigenvalue weighted by molar-refractivity contribution is 0.194. The molecule has 0 radical (unpaired) electrons. The summed E-state index contributed by atoms with van der Waals surface area (Å²) >= 11 is 0. The van der Waals surface area contributed by atoms with E-state index in [0.29, 0.717) is 30.9 Å².